The third-order valence-corrected chi connectivity index (χ3v) is 6.02. The lowest BCUT2D eigenvalue weighted by Crippen LogP contribution is -2.33. The molecule has 4 rings (SSSR count). The highest BCUT2D eigenvalue weighted by Gasteiger charge is 2.20. The molecule has 0 spiro atoms. The molecule has 15 heteroatoms. The SMILES string of the molecule is CC(=O)N(Cc1ccc(OBOc2ccc(CN(C(C)=O)c3cccc(B(O)O)c3)o2)o1)c1cccc(B(O)O)c1. The molecule has 0 saturated heterocycles. The Kier molecular flexibility index (Phi) is 9.58. The number of furan rings is 2. The van der Waals surface area contributed by atoms with Gasteiger partial charge in [0, 0.05) is 37.4 Å². The summed E-state index contributed by atoms with van der Waals surface area (Å²) in [5.41, 5.74) is 1.45. The summed E-state index contributed by atoms with van der Waals surface area (Å²) in [6.45, 7) is 2.94. The third-order valence-electron chi connectivity index (χ3n) is 6.02. The van der Waals surface area contributed by atoms with Gasteiger partial charge in [-0.15, -0.1) is 0 Å². The molecule has 2 aromatic carbocycles. The van der Waals surface area contributed by atoms with Crippen LogP contribution in [0.1, 0.15) is 25.4 Å². The average Bonchev–Trinajstić information content (AvgIpc) is 3.59. The highest BCUT2D eigenvalue weighted by molar-refractivity contribution is 6.59. The molecule has 0 radical (unpaired) electrons. The molecular formula is C26H27B3N2O10. The van der Waals surface area contributed by atoms with E-state index in [1.807, 2.05) is 0 Å². The van der Waals surface area contributed by atoms with Crippen LogP contribution in [0.25, 0.3) is 0 Å². The van der Waals surface area contributed by atoms with Gasteiger partial charge in [-0.1, -0.05) is 24.3 Å². The van der Waals surface area contributed by atoms with Crippen molar-refractivity contribution in [1.82, 2.24) is 0 Å². The summed E-state index contributed by atoms with van der Waals surface area (Å²) in [6.07, 6.45) is 0. The van der Waals surface area contributed by atoms with E-state index >= 15 is 0 Å². The zero-order chi connectivity index (χ0) is 29.5. The molecule has 4 aromatic rings. The molecule has 0 aliphatic rings. The predicted molar refractivity (Wildman–Crippen MR) is 152 cm³/mol. The van der Waals surface area contributed by atoms with Crippen LogP contribution in [0.4, 0.5) is 11.4 Å². The molecule has 0 aliphatic heterocycles. The molecule has 0 saturated carbocycles. The molecule has 210 valence electrons. The second kappa shape index (κ2) is 13.3. The van der Waals surface area contributed by atoms with Crippen molar-refractivity contribution in [3.8, 4) is 11.9 Å². The fraction of sp³-hybridized carbons (Fsp3) is 0.154. The maximum absolute atomic E-state index is 12.2. The zero-order valence-electron chi connectivity index (χ0n) is 22.3. The highest BCUT2D eigenvalue weighted by atomic mass is 16.7. The topological polar surface area (TPSA) is 166 Å². The van der Waals surface area contributed by atoms with Crippen molar-refractivity contribution in [1.29, 1.82) is 0 Å². The van der Waals surface area contributed by atoms with Gasteiger partial charge >= 0.3 is 21.9 Å². The van der Waals surface area contributed by atoms with Gasteiger partial charge in [-0.25, -0.2) is 0 Å². The summed E-state index contributed by atoms with van der Waals surface area (Å²) in [7, 11) is -3.58. The minimum atomic E-state index is -1.66. The molecule has 2 amide bonds. The van der Waals surface area contributed by atoms with Crippen molar-refractivity contribution < 1.29 is 47.8 Å². The number of anilines is 2. The van der Waals surface area contributed by atoms with Gasteiger partial charge in [-0.2, -0.15) is 0 Å². The van der Waals surface area contributed by atoms with Gasteiger partial charge in [0.2, 0.25) is 11.8 Å². The monoisotopic (exact) mass is 560 g/mol. The number of carbonyl (C=O) groups excluding carboxylic acids is 2. The van der Waals surface area contributed by atoms with Crippen LogP contribution in [0.5, 0.6) is 11.9 Å². The van der Waals surface area contributed by atoms with E-state index in [0.717, 1.165) is 0 Å². The maximum atomic E-state index is 12.2. The van der Waals surface area contributed by atoms with Crippen molar-refractivity contribution in [3.63, 3.8) is 0 Å². The van der Waals surface area contributed by atoms with Crippen molar-refractivity contribution in [2.45, 2.75) is 26.9 Å². The van der Waals surface area contributed by atoms with Gasteiger partial charge in [0.25, 0.3) is 11.9 Å². The van der Waals surface area contributed by atoms with E-state index in [9.17, 15) is 29.7 Å². The van der Waals surface area contributed by atoms with Crippen LogP contribution in [0.2, 0.25) is 0 Å². The molecule has 2 aromatic heterocycles. The molecule has 41 heavy (non-hydrogen) atoms. The normalized spacial score (nSPS) is 10.6. The second-order valence-electron chi connectivity index (χ2n) is 9.00. The third kappa shape index (κ3) is 7.83. The quantitative estimate of drug-likeness (QED) is 0.174. The number of carbonyl (C=O) groups is 2. The molecule has 0 unspecified atom stereocenters. The van der Waals surface area contributed by atoms with E-state index in [4.69, 9.17) is 18.1 Å². The van der Waals surface area contributed by atoms with Crippen molar-refractivity contribution in [2.24, 2.45) is 0 Å². The smallest absolute Gasteiger partial charge is 0.501 e. The van der Waals surface area contributed by atoms with Gasteiger partial charge in [0.05, 0.1) is 13.1 Å². The summed E-state index contributed by atoms with van der Waals surface area (Å²) in [6, 6.07) is 19.1. The Bertz CT molecular complexity index is 1380. The van der Waals surface area contributed by atoms with Gasteiger partial charge in [0.1, 0.15) is 11.5 Å². The first kappa shape index (κ1) is 29.6. The molecule has 0 aliphatic carbocycles. The largest absolute Gasteiger partial charge is 0.580 e. The Balaban J connectivity index is 1.33. The summed E-state index contributed by atoms with van der Waals surface area (Å²) in [4.78, 5) is 27.3. The van der Waals surface area contributed by atoms with Crippen LogP contribution < -0.4 is 30.0 Å². The Morgan fingerprint density at radius 2 is 1.12 bits per heavy atom. The number of nitrogens with zero attached hydrogens (tertiary/aromatic N) is 2. The van der Waals surface area contributed by atoms with Crippen LogP contribution in [0.3, 0.4) is 0 Å². The molecule has 0 bridgehead atoms. The van der Waals surface area contributed by atoms with Crippen molar-refractivity contribution >= 4 is 56.0 Å². The standard InChI is InChI=1S/C26H27B3N2O10/c1-17(32)30(21-7-3-5-19(13-21)28(34)35)15-23-9-11-25(38-23)40-27-41-26-12-10-24(39-26)16-31(18(2)33)22-8-4-6-20(14-22)29(36)37/h3-14,27,34-37H,15-16H2,1-2H3. The Morgan fingerprint density at radius 3 is 1.49 bits per heavy atom. The van der Waals surface area contributed by atoms with Crippen LogP contribution in [0, 0.1) is 0 Å². The first-order valence-electron chi connectivity index (χ1n) is 12.5. The van der Waals surface area contributed by atoms with Crippen molar-refractivity contribution in [2.75, 3.05) is 9.80 Å². The minimum absolute atomic E-state index is 0.0822. The van der Waals surface area contributed by atoms with Gasteiger partial charge < -0.3 is 48.0 Å². The maximum Gasteiger partial charge on any atom is 0.580 e. The van der Waals surface area contributed by atoms with E-state index in [0.29, 0.717) is 22.9 Å². The fourth-order valence-electron chi connectivity index (χ4n) is 3.97. The molecule has 4 N–H and O–H groups in total. The summed E-state index contributed by atoms with van der Waals surface area (Å²) in [5, 5.41) is 37.7. The van der Waals surface area contributed by atoms with E-state index < -0.39 is 14.2 Å². The van der Waals surface area contributed by atoms with Crippen LogP contribution >= 0.6 is 0 Å². The summed E-state index contributed by atoms with van der Waals surface area (Å²) < 4.78 is 22.3. The summed E-state index contributed by atoms with van der Waals surface area (Å²) in [5.74, 6) is 0.590. The molecular weight excluding hydrogens is 533 g/mol. The van der Waals surface area contributed by atoms with E-state index in [1.54, 1.807) is 48.5 Å². The molecule has 0 fully saturated rings. The number of benzene rings is 2. The van der Waals surface area contributed by atoms with Crippen molar-refractivity contribution in [3.05, 3.63) is 84.3 Å². The molecule has 0 atom stereocenters. The van der Waals surface area contributed by atoms with Gasteiger partial charge in [-0.3, -0.25) is 9.59 Å². The lowest BCUT2D eigenvalue weighted by atomic mass is 9.80. The van der Waals surface area contributed by atoms with E-state index in [2.05, 4.69) is 0 Å². The highest BCUT2D eigenvalue weighted by Crippen LogP contribution is 2.23. The van der Waals surface area contributed by atoms with E-state index in [-0.39, 0.29) is 55.4 Å². The van der Waals surface area contributed by atoms with Gasteiger partial charge in [-0.05, 0) is 47.3 Å². The second-order valence-corrected chi connectivity index (χ2v) is 9.00. The first-order chi connectivity index (χ1) is 19.6. The fourth-order valence-corrected chi connectivity index (χ4v) is 3.97. The number of hydrogen-bond acceptors (Lipinski definition) is 10. The minimum Gasteiger partial charge on any atom is -0.501 e. The lowest BCUT2D eigenvalue weighted by molar-refractivity contribution is -0.117. The lowest BCUT2D eigenvalue weighted by Gasteiger charge is -2.20. The Hall–Kier alpha value is -4.43. The van der Waals surface area contributed by atoms with Crippen LogP contribution in [0.15, 0.2) is 81.6 Å². The van der Waals surface area contributed by atoms with Gasteiger partial charge in [0.15, 0.2) is 0 Å². The number of hydrogen-bond donors (Lipinski definition) is 4. The number of rotatable bonds is 12. The van der Waals surface area contributed by atoms with Crippen LogP contribution in [-0.4, -0.2) is 53.8 Å². The van der Waals surface area contributed by atoms with E-state index in [1.165, 1.54) is 47.9 Å². The predicted octanol–water partition coefficient (Wildman–Crippen LogP) is 0.0627. The summed E-state index contributed by atoms with van der Waals surface area (Å²) >= 11 is 0. The molecule has 2 heterocycles. The Morgan fingerprint density at radius 1 is 0.707 bits per heavy atom. The zero-order valence-corrected chi connectivity index (χ0v) is 22.3. The van der Waals surface area contributed by atoms with Crippen LogP contribution in [-0.2, 0) is 22.7 Å². The average molecular weight is 560 g/mol. The number of amides is 2. The Labute approximate surface area is 236 Å². The first-order valence-corrected chi connectivity index (χ1v) is 12.5. The molecule has 12 nitrogen and oxygen atoms in total.